The number of Topliss-reactive ketones (excluding diaryl/α,β-unsaturated/α-hetero) is 1. The molecule has 2 fully saturated rings. The Bertz CT molecular complexity index is 948. The van der Waals surface area contributed by atoms with Crippen molar-refractivity contribution in [2.75, 3.05) is 13.1 Å². The predicted octanol–water partition coefficient (Wildman–Crippen LogP) is -0.693. The number of ketones is 1. The standard InChI is InChI=1S/C18H22N4O6S/c1-11(17(19)25)5-6-15(24)21-9-7-13-16(21)14(23)10-22(13)29(27,28)18(26)12-4-2-3-8-20-12/h2-4,8,11,13,16H,5-7,9-10H2,1H3,(H2,19,25). The molecule has 2 N–H and O–H groups in total. The van der Waals surface area contributed by atoms with Crippen LogP contribution in [0.25, 0.3) is 0 Å². The molecule has 2 aliphatic heterocycles. The number of hydrogen-bond donors (Lipinski definition) is 1. The van der Waals surface area contributed by atoms with Gasteiger partial charge in [-0.2, -0.15) is 4.31 Å². The first-order chi connectivity index (χ1) is 13.6. The van der Waals surface area contributed by atoms with Gasteiger partial charge in [-0.15, -0.1) is 0 Å². The molecule has 10 nitrogen and oxygen atoms in total. The number of amides is 2. The van der Waals surface area contributed by atoms with Gasteiger partial charge in [0.25, 0.3) is 10.0 Å². The van der Waals surface area contributed by atoms with Crippen molar-refractivity contribution in [3.05, 3.63) is 30.1 Å². The zero-order chi connectivity index (χ0) is 21.3. The fourth-order valence-electron chi connectivity index (χ4n) is 3.72. The van der Waals surface area contributed by atoms with E-state index in [2.05, 4.69) is 4.98 Å². The lowest BCUT2D eigenvalue weighted by Crippen LogP contribution is -2.44. The first-order valence-corrected chi connectivity index (χ1v) is 10.7. The number of nitrogens with zero attached hydrogens (tertiary/aromatic N) is 3. The second-order valence-electron chi connectivity index (χ2n) is 7.25. The van der Waals surface area contributed by atoms with Gasteiger partial charge in [-0.05, 0) is 25.0 Å². The van der Waals surface area contributed by atoms with Crippen LogP contribution in [0.4, 0.5) is 0 Å². The van der Waals surface area contributed by atoms with Crippen LogP contribution in [0.3, 0.4) is 0 Å². The van der Waals surface area contributed by atoms with E-state index in [0.29, 0.717) is 0 Å². The van der Waals surface area contributed by atoms with E-state index in [-0.39, 0.29) is 37.4 Å². The van der Waals surface area contributed by atoms with Crippen molar-refractivity contribution in [3.63, 3.8) is 0 Å². The summed E-state index contributed by atoms with van der Waals surface area (Å²) >= 11 is 0. The van der Waals surface area contributed by atoms with Crippen molar-refractivity contribution >= 4 is 32.7 Å². The van der Waals surface area contributed by atoms with Crippen molar-refractivity contribution in [2.24, 2.45) is 11.7 Å². The topological polar surface area (TPSA) is 148 Å². The van der Waals surface area contributed by atoms with E-state index in [0.717, 1.165) is 4.31 Å². The van der Waals surface area contributed by atoms with Gasteiger partial charge in [-0.3, -0.25) is 24.2 Å². The lowest BCUT2D eigenvalue weighted by atomic mass is 10.0. The summed E-state index contributed by atoms with van der Waals surface area (Å²) in [4.78, 5) is 53.8. The zero-order valence-electron chi connectivity index (χ0n) is 15.9. The van der Waals surface area contributed by atoms with Crippen LogP contribution in [0.2, 0.25) is 0 Å². The van der Waals surface area contributed by atoms with Gasteiger partial charge in [-0.25, -0.2) is 8.42 Å². The first-order valence-electron chi connectivity index (χ1n) is 9.23. The molecule has 1 aromatic heterocycles. The van der Waals surface area contributed by atoms with Crippen molar-refractivity contribution in [1.82, 2.24) is 14.2 Å². The average Bonchev–Trinajstić information content (AvgIpc) is 3.27. The zero-order valence-corrected chi connectivity index (χ0v) is 16.7. The van der Waals surface area contributed by atoms with Gasteiger partial charge in [0, 0.05) is 25.1 Å². The van der Waals surface area contributed by atoms with E-state index in [4.69, 9.17) is 5.73 Å². The Morgan fingerprint density at radius 3 is 2.66 bits per heavy atom. The molecule has 1 aromatic rings. The maximum Gasteiger partial charge on any atom is 0.310 e. The second kappa shape index (κ2) is 7.99. The molecule has 0 radical (unpaired) electrons. The number of carbonyl (C=O) groups is 4. The third-order valence-corrected chi connectivity index (χ3v) is 7.09. The number of rotatable bonds is 6. The van der Waals surface area contributed by atoms with Crippen LogP contribution in [0, 0.1) is 5.92 Å². The molecule has 11 heteroatoms. The van der Waals surface area contributed by atoms with E-state index in [1.54, 1.807) is 13.0 Å². The minimum absolute atomic E-state index is 0.0280. The molecular weight excluding hydrogens is 400 g/mol. The largest absolute Gasteiger partial charge is 0.369 e. The summed E-state index contributed by atoms with van der Waals surface area (Å²) in [5, 5.41) is -1.17. The fraction of sp³-hybridized carbons (Fsp3) is 0.500. The van der Waals surface area contributed by atoms with Gasteiger partial charge in [0.2, 0.25) is 11.8 Å². The summed E-state index contributed by atoms with van der Waals surface area (Å²) in [6.45, 7) is 1.35. The summed E-state index contributed by atoms with van der Waals surface area (Å²) in [7, 11) is -4.45. The van der Waals surface area contributed by atoms with Gasteiger partial charge in [0.05, 0.1) is 12.6 Å². The van der Waals surface area contributed by atoms with Gasteiger partial charge in [0.1, 0.15) is 11.7 Å². The number of fused-ring (bicyclic) bond motifs is 1. The maximum atomic E-state index is 12.8. The highest BCUT2D eigenvalue weighted by molar-refractivity contribution is 8.04. The summed E-state index contributed by atoms with van der Waals surface area (Å²) in [6.07, 6.45) is 1.84. The third kappa shape index (κ3) is 3.92. The molecule has 3 rings (SSSR count). The van der Waals surface area contributed by atoms with E-state index in [9.17, 15) is 27.6 Å². The molecule has 2 amide bonds. The molecule has 0 spiro atoms. The summed E-state index contributed by atoms with van der Waals surface area (Å²) in [5.41, 5.74) is 4.97. The van der Waals surface area contributed by atoms with Gasteiger partial charge in [-0.1, -0.05) is 13.0 Å². The monoisotopic (exact) mass is 422 g/mol. The molecule has 2 saturated heterocycles. The minimum atomic E-state index is -4.45. The molecule has 2 aliphatic rings. The van der Waals surface area contributed by atoms with E-state index < -0.39 is 51.4 Å². The molecular formula is C18H22N4O6S. The van der Waals surface area contributed by atoms with E-state index >= 15 is 0 Å². The number of aromatic nitrogens is 1. The molecule has 0 aromatic carbocycles. The molecule has 0 aliphatic carbocycles. The molecule has 0 bridgehead atoms. The lowest BCUT2D eigenvalue weighted by molar-refractivity contribution is -0.136. The van der Waals surface area contributed by atoms with E-state index in [1.165, 1.54) is 23.2 Å². The fourth-order valence-corrected chi connectivity index (χ4v) is 5.19. The number of hydrogen-bond acceptors (Lipinski definition) is 7. The molecule has 0 saturated carbocycles. The third-order valence-electron chi connectivity index (χ3n) is 5.39. The van der Waals surface area contributed by atoms with Crippen LogP contribution in [0.15, 0.2) is 24.4 Å². The van der Waals surface area contributed by atoms with Crippen LogP contribution in [-0.2, 0) is 24.4 Å². The number of sulfonamides is 1. The average molecular weight is 422 g/mol. The van der Waals surface area contributed by atoms with Gasteiger partial charge < -0.3 is 10.6 Å². The Labute approximate surface area is 168 Å². The number of pyridine rings is 1. The quantitative estimate of drug-likeness (QED) is 0.638. The Morgan fingerprint density at radius 1 is 1.31 bits per heavy atom. The van der Waals surface area contributed by atoms with Crippen LogP contribution in [0.5, 0.6) is 0 Å². The molecule has 3 atom stereocenters. The molecule has 29 heavy (non-hydrogen) atoms. The van der Waals surface area contributed by atoms with E-state index in [1.807, 2.05) is 0 Å². The Balaban J connectivity index is 1.75. The lowest BCUT2D eigenvalue weighted by Gasteiger charge is -2.24. The highest BCUT2D eigenvalue weighted by Gasteiger charge is 2.54. The Morgan fingerprint density at radius 2 is 2.03 bits per heavy atom. The highest BCUT2D eigenvalue weighted by Crippen LogP contribution is 2.33. The smallest absolute Gasteiger partial charge is 0.310 e. The van der Waals surface area contributed by atoms with Crippen LogP contribution in [-0.4, -0.2) is 70.5 Å². The van der Waals surface area contributed by atoms with Gasteiger partial charge >= 0.3 is 5.12 Å². The second-order valence-corrected chi connectivity index (χ2v) is 9.04. The van der Waals surface area contributed by atoms with Crippen LogP contribution in [0.1, 0.15) is 36.7 Å². The highest BCUT2D eigenvalue weighted by atomic mass is 32.2. The molecule has 156 valence electrons. The minimum Gasteiger partial charge on any atom is -0.369 e. The van der Waals surface area contributed by atoms with Crippen molar-refractivity contribution in [2.45, 2.75) is 38.3 Å². The molecule has 3 unspecified atom stereocenters. The maximum absolute atomic E-state index is 12.8. The number of nitrogens with two attached hydrogens (primary N) is 1. The number of likely N-dealkylation sites (tertiary alicyclic amines) is 1. The summed E-state index contributed by atoms with van der Waals surface area (Å²) in [5.74, 6) is -1.76. The summed E-state index contributed by atoms with van der Waals surface area (Å²) in [6, 6.07) is 2.64. The molecule has 3 heterocycles. The number of primary amides is 1. The SMILES string of the molecule is CC(CCC(=O)N1CCC2C1C(=O)CN2S(=O)(=O)C(=O)c1ccccn1)C(N)=O. The number of carbonyl (C=O) groups excluding carboxylic acids is 4. The summed E-state index contributed by atoms with van der Waals surface area (Å²) < 4.78 is 26.5. The van der Waals surface area contributed by atoms with Crippen molar-refractivity contribution in [1.29, 1.82) is 0 Å². The van der Waals surface area contributed by atoms with Gasteiger partial charge in [0.15, 0.2) is 5.78 Å². The van der Waals surface area contributed by atoms with Crippen molar-refractivity contribution in [3.8, 4) is 0 Å². The Hall–Kier alpha value is -2.66. The predicted molar refractivity (Wildman–Crippen MR) is 101 cm³/mol. The van der Waals surface area contributed by atoms with Crippen LogP contribution < -0.4 is 5.73 Å². The first kappa shape index (κ1) is 21.1. The van der Waals surface area contributed by atoms with Crippen molar-refractivity contribution < 1.29 is 27.6 Å². The Kier molecular flexibility index (Phi) is 5.80. The van der Waals surface area contributed by atoms with Crippen LogP contribution >= 0.6 is 0 Å². The normalized spacial score (nSPS) is 23.1.